The molecule has 10 nitrogen and oxygen atoms in total. The zero-order valence-corrected chi connectivity index (χ0v) is 21.5. The van der Waals surface area contributed by atoms with Gasteiger partial charge in [0.25, 0.3) is 11.8 Å². The Labute approximate surface area is 215 Å². The number of nitrogens with zero attached hydrogens (tertiary/aromatic N) is 2. The summed E-state index contributed by atoms with van der Waals surface area (Å²) in [6.45, 7) is -0.117. The molecule has 0 aromatic heterocycles. The van der Waals surface area contributed by atoms with E-state index < -0.39 is 33.8 Å². The molecule has 2 aliphatic rings. The van der Waals surface area contributed by atoms with E-state index in [1.807, 2.05) is 0 Å². The van der Waals surface area contributed by atoms with Crippen LogP contribution in [-0.4, -0.2) is 75.0 Å². The summed E-state index contributed by atoms with van der Waals surface area (Å²) in [7, 11) is -1.32. The van der Waals surface area contributed by atoms with Crippen LogP contribution in [0.15, 0.2) is 47.4 Å². The van der Waals surface area contributed by atoms with Gasteiger partial charge in [-0.05, 0) is 68.1 Å². The summed E-state index contributed by atoms with van der Waals surface area (Å²) in [4.78, 5) is 28.2. The van der Waals surface area contributed by atoms with Gasteiger partial charge >= 0.3 is 0 Å². The summed E-state index contributed by atoms with van der Waals surface area (Å²) >= 11 is 0. The number of carbonyl (C=O) groups excluding carboxylic acids is 2. The van der Waals surface area contributed by atoms with Crippen molar-refractivity contribution in [3.8, 4) is 11.5 Å². The van der Waals surface area contributed by atoms with Crippen molar-refractivity contribution in [2.24, 2.45) is 5.73 Å². The average molecular weight is 535 g/mol. The fourth-order valence-electron chi connectivity index (χ4n) is 4.76. The number of benzene rings is 2. The molecule has 0 radical (unpaired) electrons. The Balaban J connectivity index is 1.67. The molecule has 2 fully saturated rings. The Bertz CT molecular complexity index is 1250. The number of amides is 2. The van der Waals surface area contributed by atoms with Gasteiger partial charge in [-0.2, -0.15) is 4.31 Å². The van der Waals surface area contributed by atoms with Crippen LogP contribution in [0, 0.1) is 5.82 Å². The second-order valence-electron chi connectivity index (χ2n) is 9.13. The third-order valence-corrected chi connectivity index (χ3v) is 8.66. The van der Waals surface area contributed by atoms with Gasteiger partial charge in [-0.15, -0.1) is 0 Å². The molecular weight excluding hydrogens is 503 g/mol. The maximum absolute atomic E-state index is 13.6. The number of nitrogens with one attached hydrogen (secondary N) is 1. The van der Waals surface area contributed by atoms with Crippen molar-refractivity contribution in [3.05, 3.63) is 53.8 Å². The van der Waals surface area contributed by atoms with E-state index in [0.717, 1.165) is 41.4 Å². The zero-order valence-electron chi connectivity index (χ0n) is 20.7. The Morgan fingerprint density at radius 3 is 2.24 bits per heavy atom. The second-order valence-corrected chi connectivity index (χ2v) is 11.0. The first-order valence-corrected chi connectivity index (χ1v) is 13.5. The third-order valence-electron chi connectivity index (χ3n) is 6.79. The van der Waals surface area contributed by atoms with Crippen molar-refractivity contribution in [2.45, 2.75) is 48.8 Å². The molecule has 1 atom stereocenters. The molecule has 2 aromatic carbocycles. The first kappa shape index (κ1) is 26.8. The van der Waals surface area contributed by atoms with Crippen LogP contribution in [0.4, 0.5) is 4.39 Å². The minimum Gasteiger partial charge on any atom is -0.493 e. The molecule has 1 heterocycles. The van der Waals surface area contributed by atoms with Crippen LogP contribution in [0.3, 0.4) is 0 Å². The SMILES string of the molecule is COc1ccc(C(=O)N2CCN(S(=O)(=O)c3ccc(F)cc3)C2C(=O)NC2CCC(N)CC2)cc1OC. The summed E-state index contributed by atoms with van der Waals surface area (Å²) in [6.07, 6.45) is 1.37. The highest BCUT2D eigenvalue weighted by atomic mass is 32.2. The van der Waals surface area contributed by atoms with E-state index in [0.29, 0.717) is 24.3 Å². The summed E-state index contributed by atoms with van der Waals surface area (Å²) in [6, 6.07) is 8.82. The maximum Gasteiger partial charge on any atom is 0.259 e. The molecule has 0 bridgehead atoms. The number of nitrogens with two attached hydrogens (primary N) is 1. The number of ether oxygens (including phenoxy) is 2. The molecule has 37 heavy (non-hydrogen) atoms. The van der Waals surface area contributed by atoms with Gasteiger partial charge in [0.2, 0.25) is 10.0 Å². The van der Waals surface area contributed by atoms with Crippen LogP contribution in [0.1, 0.15) is 36.0 Å². The van der Waals surface area contributed by atoms with E-state index in [4.69, 9.17) is 15.2 Å². The van der Waals surface area contributed by atoms with Crippen molar-refractivity contribution < 1.29 is 31.9 Å². The molecule has 1 aliphatic heterocycles. The summed E-state index contributed by atoms with van der Waals surface area (Å²) in [5.41, 5.74) is 6.18. The van der Waals surface area contributed by atoms with Gasteiger partial charge in [-0.3, -0.25) is 9.59 Å². The Morgan fingerprint density at radius 1 is 0.973 bits per heavy atom. The predicted octanol–water partition coefficient (Wildman–Crippen LogP) is 1.70. The molecule has 1 saturated heterocycles. The number of sulfonamides is 1. The van der Waals surface area contributed by atoms with Crippen molar-refractivity contribution in [3.63, 3.8) is 0 Å². The van der Waals surface area contributed by atoms with Gasteiger partial charge in [-0.25, -0.2) is 12.8 Å². The lowest BCUT2D eigenvalue weighted by Crippen LogP contribution is -2.56. The topological polar surface area (TPSA) is 131 Å². The lowest BCUT2D eigenvalue weighted by molar-refractivity contribution is -0.128. The number of carbonyl (C=O) groups is 2. The van der Waals surface area contributed by atoms with E-state index in [9.17, 15) is 22.4 Å². The first-order chi connectivity index (χ1) is 17.6. The number of halogens is 1. The van der Waals surface area contributed by atoms with Gasteiger partial charge in [0, 0.05) is 30.7 Å². The largest absolute Gasteiger partial charge is 0.493 e. The smallest absolute Gasteiger partial charge is 0.259 e. The average Bonchev–Trinajstić information content (AvgIpc) is 3.36. The van der Waals surface area contributed by atoms with Crippen LogP contribution < -0.4 is 20.5 Å². The molecule has 2 amide bonds. The molecule has 200 valence electrons. The normalized spacial score (nSPS) is 22.5. The zero-order chi connectivity index (χ0) is 26.7. The molecule has 1 saturated carbocycles. The second kappa shape index (κ2) is 11.0. The van der Waals surface area contributed by atoms with Crippen molar-refractivity contribution in [1.29, 1.82) is 0 Å². The van der Waals surface area contributed by atoms with Crippen molar-refractivity contribution in [2.75, 3.05) is 27.3 Å². The third kappa shape index (κ3) is 5.55. The molecule has 1 aliphatic carbocycles. The summed E-state index contributed by atoms with van der Waals surface area (Å²) in [5.74, 6) is -0.981. The number of hydrogen-bond donors (Lipinski definition) is 2. The lowest BCUT2D eigenvalue weighted by atomic mass is 9.92. The standard InChI is InChI=1S/C25H31FN4O6S/c1-35-21-12-3-16(15-22(21)36-2)25(32)29-13-14-30(37(33,34)20-10-4-17(26)5-11-20)24(29)23(31)28-19-8-6-18(27)7-9-19/h3-5,10-12,15,18-19,24H,6-9,13-14,27H2,1-2H3,(H,28,31). The van der Waals surface area contributed by atoms with Crippen LogP contribution in [0.2, 0.25) is 0 Å². The molecule has 4 rings (SSSR count). The highest BCUT2D eigenvalue weighted by Crippen LogP contribution is 2.31. The van der Waals surface area contributed by atoms with E-state index in [1.165, 1.54) is 31.3 Å². The highest BCUT2D eigenvalue weighted by molar-refractivity contribution is 7.89. The monoisotopic (exact) mass is 534 g/mol. The van der Waals surface area contributed by atoms with E-state index in [-0.39, 0.29) is 35.6 Å². The number of methoxy groups -OCH3 is 2. The van der Waals surface area contributed by atoms with Crippen molar-refractivity contribution >= 4 is 21.8 Å². The fraction of sp³-hybridized carbons (Fsp3) is 0.440. The quantitative estimate of drug-likeness (QED) is 0.553. The van der Waals surface area contributed by atoms with Crippen molar-refractivity contribution in [1.82, 2.24) is 14.5 Å². The summed E-state index contributed by atoms with van der Waals surface area (Å²) < 4.78 is 52.0. The lowest BCUT2D eigenvalue weighted by Gasteiger charge is -2.32. The Morgan fingerprint density at radius 2 is 1.62 bits per heavy atom. The molecule has 3 N–H and O–H groups in total. The molecular formula is C25H31FN4O6S. The maximum atomic E-state index is 13.6. The highest BCUT2D eigenvalue weighted by Gasteiger charge is 2.47. The Hall–Kier alpha value is -3.22. The van der Waals surface area contributed by atoms with Gasteiger partial charge in [0.05, 0.1) is 19.1 Å². The number of hydrogen-bond acceptors (Lipinski definition) is 7. The van der Waals surface area contributed by atoms with E-state index >= 15 is 0 Å². The molecule has 1 unspecified atom stereocenters. The minimum atomic E-state index is -4.22. The van der Waals surface area contributed by atoms with Crippen LogP contribution >= 0.6 is 0 Å². The van der Waals surface area contributed by atoms with Crippen LogP contribution in [0.5, 0.6) is 11.5 Å². The van der Waals surface area contributed by atoms with Gasteiger partial charge in [-0.1, -0.05) is 0 Å². The molecule has 0 spiro atoms. The first-order valence-electron chi connectivity index (χ1n) is 12.0. The molecule has 2 aromatic rings. The van der Waals surface area contributed by atoms with Crippen LogP contribution in [0.25, 0.3) is 0 Å². The van der Waals surface area contributed by atoms with Gasteiger partial charge in [0.15, 0.2) is 17.7 Å². The number of rotatable bonds is 7. The van der Waals surface area contributed by atoms with Crippen LogP contribution in [-0.2, 0) is 14.8 Å². The minimum absolute atomic E-state index is 0.0127. The Kier molecular flexibility index (Phi) is 8.00. The molecule has 12 heteroatoms. The fourth-order valence-corrected chi connectivity index (χ4v) is 6.30. The van der Waals surface area contributed by atoms with Gasteiger partial charge < -0.3 is 25.4 Å². The van der Waals surface area contributed by atoms with Gasteiger partial charge in [0.1, 0.15) is 5.82 Å². The van der Waals surface area contributed by atoms with E-state index in [1.54, 1.807) is 6.07 Å². The predicted molar refractivity (Wildman–Crippen MR) is 133 cm³/mol. The summed E-state index contributed by atoms with van der Waals surface area (Å²) in [5, 5.41) is 2.92. The van der Waals surface area contributed by atoms with E-state index in [2.05, 4.69) is 5.32 Å².